The lowest BCUT2D eigenvalue weighted by Crippen LogP contribution is -2.37. The molecule has 0 N–H and O–H groups in total. The molecule has 3 rings (SSSR count). The molecule has 0 fully saturated rings. The predicted octanol–water partition coefficient (Wildman–Crippen LogP) is 2.61. The highest BCUT2D eigenvalue weighted by atomic mass is 16.5. The molecule has 3 aromatic rings. The number of benzene rings is 1. The molecule has 0 radical (unpaired) electrons. The van der Waals surface area contributed by atoms with Crippen molar-refractivity contribution in [3.05, 3.63) is 99.0 Å². The van der Waals surface area contributed by atoms with Crippen LogP contribution in [0.2, 0.25) is 0 Å². The molecule has 0 amide bonds. The van der Waals surface area contributed by atoms with Gasteiger partial charge in [0.2, 0.25) is 0 Å². The molecule has 0 aliphatic carbocycles. The lowest BCUT2D eigenvalue weighted by molar-refractivity contribution is 0.136. The van der Waals surface area contributed by atoms with Crippen LogP contribution in [0.5, 0.6) is 0 Å². The molecule has 1 aromatic carbocycles. The van der Waals surface area contributed by atoms with Crippen LogP contribution in [0.3, 0.4) is 0 Å². The van der Waals surface area contributed by atoms with Crippen LogP contribution in [-0.2, 0) is 32.0 Å². The normalized spacial score (nSPS) is 11.8. The summed E-state index contributed by atoms with van der Waals surface area (Å²) in [4.78, 5) is 29.9. The fraction of sp³-hybridized carbons (Fsp3) is 0.261. The molecule has 30 heavy (non-hydrogen) atoms. The number of hydrogen-bond acceptors (Lipinski definition) is 4. The Hall–Kier alpha value is -3.45. The van der Waals surface area contributed by atoms with Gasteiger partial charge in [0, 0.05) is 20.6 Å². The maximum absolute atomic E-state index is 12.9. The van der Waals surface area contributed by atoms with Gasteiger partial charge in [0.1, 0.15) is 12.4 Å². The molecule has 0 spiro atoms. The lowest BCUT2D eigenvalue weighted by Gasteiger charge is -2.11. The first kappa shape index (κ1) is 21.3. The van der Waals surface area contributed by atoms with E-state index >= 15 is 0 Å². The molecule has 0 aliphatic rings. The molecular weight excluding hydrogens is 380 g/mol. The van der Waals surface area contributed by atoms with Crippen molar-refractivity contribution >= 4 is 11.2 Å². The van der Waals surface area contributed by atoms with Gasteiger partial charge >= 0.3 is 5.69 Å². The van der Waals surface area contributed by atoms with Crippen LogP contribution in [0.4, 0.5) is 0 Å². The van der Waals surface area contributed by atoms with Gasteiger partial charge in [-0.15, -0.1) is 0 Å². The summed E-state index contributed by atoms with van der Waals surface area (Å²) in [6, 6.07) is 8.05. The van der Waals surface area contributed by atoms with Crippen LogP contribution in [0.15, 0.2) is 70.8 Å². The number of allylic oxidation sites excluding steroid dienone is 2. The number of hydrogen-bond donors (Lipinski definition) is 0. The third kappa shape index (κ3) is 4.11. The van der Waals surface area contributed by atoms with Crippen molar-refractivity contribution in [1.29, 1.82) is 0 Å². The van der Waals surface area contributed by atoms with Crippen LogP contribution < -0.4 is 11.2 Å². The Bertz CT molecular complexity index is 1260. The Morgan fingerprint density at radius 3 is 2.63 bits per heavy atom. The van der Waals surface area contributed by atoms with Gasteiger partial charge in [0.25, 0.3) is 5.56 Å². The number of aryl methyl sites for hydroxylation is 2. The summed E-state index contributed by atoms with van der Waals surface area (Å²) in [5, 5.41) is 0. The molecule has 7 heteroatoms. The SMILES string of the molecule is C=C/C=C(\C=C)COCc1nc2c(c(=O)n(C)c(=O)n2C)n1Cc1cccc(C)c1. The molecule has 0 unspecified atom stereocenters. The highest BCUT2D eigenvalue weighted by Crippen LogP contribution is 2.16. The monoisotopic (exact) mass is 406 g/mol. The van der Waals surface area contributed by atoms with E-state index in [0.29, 0.717) is 30.1 Å². The largest absolute Gasteiger partial charge is 0.369 e. The number of ether oxygens (including phenoxy) is 1. The molecule has 2 aromatic heterocycles. The van der Waals surface area contributed by atoms with Gasteiger partial charge in [-0.05, 0) is 18.1 Å². The Morgan fingerprint density at radius 1 is 1.20 bits per heavy atom. The van der Waals surface area contributed by atoms with E-state index in [1.807, 2.05) is 35.8 Å². The van der Waals surface area contributed by atoms with Crippen molar-refractivity contribution in [3.63, 3.8) is 0 Å². The summed E-state index contributed by atoms with van der Waals surface area (Å²) in [5.74, 6) is 0.576. The number of nitrogens with zero attached hydrogens (tertiary/aromatic N) is 4. The molecule has 2 heterocycles. The first-order valence-electron chi connectivity index (χ1n) is 9.59. The molecule has 7 nitrogen and oxygen atoms in total. The summed E-state index contributed by atoms with van der Waals surface area (Å²) in [5.41, 5.74) is 2.98. The van der Waals surface area contributed by atoms with Crippen LogP contribution in [0.25, 0.3) is 11.2 Å². The van der Waals surface area contributed by atoms with Gasteiger partial charge in [0.15, 0.2) is 11.2 Å². The topological polar surface area (TPSA) is 71.1 Å². The molecule has 0 bridgehead atoms. The third-order valence-corrected chi connectivity index (χ3v) is 4.94. The number of rotatable bonds is 8. The van der Waals surface area contributed by atoms with Crippen molar-refractivity contribution in [1.82, 2.24) is 18.7 Å². The minimum absolute atomic E-state index is 0.181. The van der Waals surface area contributed by atoms with Crippen molar-refractivity contribution in [2.24, 2.45) is 14.1 Å². The molecule has 0 saturated heterocycles. The fourth-order valence-corrected chi connectivity index (χ4v) is 3.35. The zero-order valence-electron chi connectivity index (χ0n) is 17.6. The molecular formula is C23H26N4O3. The van der Waals surface area contributed by atoms with Crippen molar-refractivity contribution in [2.45, 2.75) is 20.1 Å². The quantitative estimate of drug-likeness (QED) is 0.539. The summed E-state index contributed by atoms with van der Waals surface area (Å²) in [6.07, 6.45) is 5.20. The average molecular weight is 406 g/mol. The second kappa shape index (κ2) is 8.92. The number of fused-ring (bicyclic) bond motifs is 1. The van der Waals surface area contributed by atoms with E-state index in [9.17, 15) is 9.59 Å². The number of imidazole rings is 1. The molecule has 156 valence electrons. The van der Waals surface area contributed by atoms with E-state index in [1.54, 1.807) is 19.2 Å². The van der Waals surface area contributed by atoms with E-state index in [1.165, 1.54) is 11.6 Å². The Kier molecular flexibility index (Phi) is 6.32. The summed E-state index contributed by atoms with van der Waals surface area (Å²) in [7, 11) is 3.09. The standard InChI is InChI=1S/C23H26N4O3/c1-6-9-17(7-2)14-30-15-19-24-21-20(22(28)26(5)23(29)25(21)4)27(19)13-18-11-8-10-16(3)12-18/h6-12H,1-2,13-15H2,3-5H3/b17-9+. The Labute approximate surface area is 174 Å². The van der Waals surface area contributed by atoms with Gasteiger partial charge in [-0.2, -0.15) is 0 Å². The second-order valence-electron chi connectivity index (χ2n) is 7.16. The maximum atomic E-state index is 12.9. The molecule has 0 aliphatic heterocycles. The zero-order valence-corrected chi connectivity index (χ0v) is 17.6. The van der Waals surface area contributed by atoms with Gasteiger partial charge in [-0.25, -0.2) is 9.78 Å². The van der Waals surface area contributed by atoms with Crippen molar-refractivity contribution in [3.8, 4) is 0 Å². The first-order chi connectivity index (χ1) is 14.4. The fourth-order valence-electron chi connectivity index (χ4n) is 3.35. The molecule has 0 atom stereocenters. The molecule has 0 saturated carbocycles. The zero-order chi connectivity index (χ0) is 21.8. The van der Waals surface area contributed by atoms with Gasteiger partial charge in [0.05, 0.1) is 6.61 Å². The third-order valence-electron chi connectivity index (χ3n) is 4.94. The highest BCUT2D eigenvalue weighted by molar-refractivity contribution is 5.71. The Balaban J connectivity index is 2.09. The lowest BCUT2D eigenvalue weighted by atomic mass is 10.1. The average Bonchev–Trinajstić information content (AvgIpc) is 3.08. The van der Waals surface area contributed by atoms with Crippen LogP contribution >= 0.6 is 0 Å². The van der Waals surface area contributed by atoms with Crippen LogP contribution in [0, 0.1) is 6.92 Å². The summed E-state index contributed by atoms with van der Waals surface area (Å²) < 4.78 is 10.2. The van der Waals surface area contributed by atoms with E-state index in [2.05, 4.69) is 24.2 Å². The van der Waals surface area contributed by atoms with Gasteiger partial charge in [-0.1, -0.05) is 61.2 Å². The van der Waals surface area contributed by atoms with E-state index in [4.69, 9.17) is 4.74 Å². The summed E-state index contributed by atoms with van der Waals surface area (Å²) >= 11 is 0. The second-order valence-corrected chi connectivity index (χ2v) is 7.16. The minimum Gasteiger partial charge on any atom is -0.369 e. The van der Waals surface area contributed by atoms with Crippen molar-refractivity contribution < 1.29 is 4.74 Å². The smallest absolute Gasteiger partial charge is 0.332 e. The van der Waals surface area contributed by atoms with E-state index < -0.39 is 5.69 Å². The Morgan fingerprint density at radius 2 is 1.97 bits per heavy atom. The van der Waals surface area contributed by atoms with Gasteiger partial charge in [-0.3, -0.25) is 13.9 Å². The van der Waals surface area contributed by atoms with Crippen LogP contribution in [-0.4, -0.2) is 25.3 Å². The summed E-state index contributed by atoms with van der Waals surface area (Å²) in [6.45, 7) is 10.4. The van der Waals surface area contributed by atoms with Gasteiger partial charge < -0.3 is 9.30 Å². The predicted molar refractivity (Wildman–Crippen MR) is 119 cm³/mol. The first-order valence-corrected chi connectivity index (χ1v) is 9.59. The van der Waals surface area contributed by atoms with Crippen molar-refractivity contribution in [2.75, 3.05) is 6.61 Å². The highest BCUT2D eigenvalue weighted by Gasteiger charge is 2.19. The minimum atomic E-state index is -0.414. The number of aromatic nitrogens is 4. The van der Waals surface area contributed by atoms with E-state index in [0.717, 1.165) is 21.3 Å². The van der Waals surface area contributed by atoms with Crippen LogP contribution in [0.1, 0.15) is 17.0 Å². The maximum Gasteiger partial charge on any atom is 0.332 e. The van der Waals surface area contributed by atoms with E-state index in [-0.39, 0.29) is 12.2 Å².